The van der Waals surface area contributed by atoms with Crippen molar-refractivity contribution in [1.29, 1.82) is 5.26 Å². The zero-order valence-electron chi connectivity index (χ0n) is 9.42. The molecule has 0 aliphatic heterocycles. The highest BCUT2D eigenvalue weighted by atomic mass is 19.4. The molecule has 1 heterocycles. The first-order chi connectivity index (χ1) is 8.93. The van der Waals surface area contributed by atoms with Crippen LogP contribution in [0, 0.1) is 11.3 Å². The van der Waals surface area contributed by atoms with Gasteiger partial charge in [0.2, 0.25) is 0 Å². The second-order valence-corrected chi connectivity index (χ2v) is 3.65. The Morgan fingerprint density at radius 3 is 2.74 bits per heavy atom. The van der Waals surface area contributed by atoms with E-state index in [-0.39, 0.29) is 12.2 Å². The molecule has 1 aromatic heterocycles. The van der Waals surface area contributed by atoms with E-state index in [1.807, 2.05) is 0 Å². The monoisotopic (exact) mass is 268 g/mol. The number of hydrogen-bond donors (Lipinski definition) is 0. The third-order valence-corrected chi connectivity index (χ3v) is 2.41. The molecule has 98 valence electrons. The molecular weight excluding hydrogens is 261 g/mol. The number of benzene rings is 1. The highest BCUT2D eigenvalue weighted by molar-refractivity contribution is 5.36. The van der Waals surface area contributed by atoms with Crippen molar-refractivity contribution in [1.82, 2.24) is 14.3 Å². The van der Waals surface area contributed by atoms with Crippen molar-refractivity contribution < 1.29 is 13.2 Å². The maximum atomic E-state index is 12.6. The van der Waals surface area contributed by atoms with Gasteiger partial charge in [0.05, 0.1) is 17.3 Å². The average molecular weight is 268 g/mol. The van der Waals surface area contributed by atoms with Gasteiger partial charge in [-0.1, -0.05) is 6.07 Å². The number of rotatable bonds is 2. The van der Waals surface area contributed by atoms with Crippen LogP contribution >= 0.6 is 0 Å². The van der Waals surface area contributed by atoms with Crippen LogP contribution in [0.25, 0.3) is 5.69 Å². The van der Waals surface area contributed by atoms with E-state index in [0.29, 0.717) is 0 Å². The number of halogens is 3. The number of nitriles is 1. The van der Waals surface area contributed by atoms with Gasteiger partial charge in [0, 0.05) is 0 Å². The van der Waals surface area contributed by atoms with Gasteiger partial charge in [0.15, 0.2) is 0 Å². The highest BCUT2D eigenvalue weighted by Gasteiger charge is 2.30. The van der Waals surface area contributed by atoms with Gasteiger partial charge in [-0.15, -0.1) is 0 Å². The third-order valence-electron chi connectivity index (χ3n) is 2.41. The van der Waals surface area contributed by atoms with Crippen LogP contribution in [0.4, 0.5) is 13.2 Å². The molecule has 1 aromatic carbocycles. The fourth-order valence-corrected chi connectivity index (χ4v) is 1.52. The largest absolute Gasteiger partial charge is 0.416 e. The van der Waals surface area contributed by atoms with Crippen LogP contribution in [0.15, 0.2) is 35.4 Å². The van der Waals surface area contributed by atoms with Crippen LogP contribution in [-0.2, 0) is 12.7 Å². The SMILES string of the molecule is N#CCn1ncn(-c2cccc(C(F)(F)F)c2)c1=O. The van der Waals surface area contributed by atoms with Gasteiger partial charge in [0.25, 0.3) is 0 Å². The summed E-state index contributed by atoms with van der Waals surface area (Å²) in [5.74, 6) is 0. The van der Waals surface area contributed by atoms with Gasteiger partial charge >= 0.3 is 11.9 Å². The minimum absolute atomic E-state index is 0.0454. The van der Waals surface area contributed by atoms with Crippen molar-refractivity contribution in [2.24, 2.45) is 0 Å². The summed E-state index contributed by atoms with van der Waals surface area (Å²) in [6.07, 6.45) is -3.41. The first kappa shape index (κ1) is 12.9. The summed E-state index contributed by atoms with van der Waals surface area (Å²) in [7, 11) is 0. The summed E-state index contributed by atoms with van der Waals surface area (Å²) in [6, 6.07) is 6.05. The summed E-state index contributed by atoms with van der Waals surface area (Å²) in [6.45, 7) is -0.259. The van der Waals surface area contributed by atoms with Crippen molar-refractivity contribution in [3.05, 3.63) is 46.6 Å². The summed E-state index contributed by atoms with van der Waals surface area (Å²) in [5, 5.41) is 12.1. The number of hydrogen-bond acceptors (Lipinski definition) is 3. The lowest BCUT2D eigenvalue weighted by Gasteiger charge is -2.08. The van der Waals surface area contributed by atoms with Crippen LogP contribution in [-0.4, -0.2) is 14.3 Å². The Bertz CT molecular complexity index is 693. The highest BCUT2D eigenvalue weighted by Crippen LogP contribution is 2.29. The van der Waals surface area contributed by atoms with E-state index in [1.165, 1.54) is 12.1 Å². The lowest BCUT2D eigenvalue weighted by molar-refractivity contribution is -0.137. The maximum Gasteiger partial charge on any atom is 0.416 e. The molecule has 0 saturated carbocycles. The molecule has 19 heavy (non-hydrogen) atoms. The average Bonchev–Trinajstić information content (AvgIpc) is 2.71. The summed E-state index contributed by atoms with van der Waals surface area (Å²) < 4.78 is 39.5. The Hall–Kier alpha value is -2.56. The van der Waals surface area contributed by atoms with E-state index in [2.05, 4.69) is 5.10 Å². The third kappa shape index (κ3) is 2.49. The van der Waals surface area contributed by atoms with Crippen LogP contribution in [0.1, 0.15) is 5.56 Å². The number of alkyl halides is 3. The van der Waals surface area contributed by atoms with Gasteiger partial charge in [-0.2, -0.15) is 28.2 Å². The van der Waals surface area contributed by atoms with E-state index >= 15 is 0 Å². The summed E-state index contributed by atoms with van der Waals surface area (Å²) in [4.78, 5) is 11.8. The number of nitrogens with zero attached hydrogens (tertiary/aromatic N) is 4. The molecule has 0 N–H and O–H groups in total. The Labute approximate surface area is 105 Å². The molecule has 0 saturated heterocycles. The fourth-order valence-electron chi connectivity index (χ4n) is 1.52. The lowest BCUT2D eigenvalue weighted by atomic mass is 10.2. The van der Waals surface area contributed by atoms with Crippen molar-refractivity contribution >= 4 is 0 Å². The maximum absolute atomic E-state index is 12.6. The molecule has 2 rings (SSSR count). The minimum atomic E-state index is -4.48. The first-order valence-electron chi connectivity index (χ1n) is 5.12. The molecule has 8 heteroatoms. The van der Waals surface area contributed by atoms with Gasteiger partial charge < -0.3 is 0 Å². The minimum Gasteiger partial charge on any atom is -0.250 e. The molecule has 0 amide bonds. The van der Waals surface area contributed by atoms with E-state index in [1.54, 1.807) is 6.07 Å². The van der Waals surface area contributed by atoms with Crippen LogP contribution in [0.5, 0.6) is 0 Å². The second-order valence-electron chi connectivity index (χ2n) is 3.65. The van der Waals surface area contributed by atoms with E-state index < -0.39 is 17.4 Å². The van der Waals surface area contributed by atoms with Gasteiger partial charge in [0.1, 0.15) is 12.9 Å². The predicted molar refractivity (Wildman–Crippen MR) is 58.4 cm³/mol. The van der Waals surface area contributed by atoms with Crippen molar-refractivity contribution in [2.75, 3.05) is 0 Å². The smallest absolute Gasteiger partial charge is 0.250 e. The molecule has 0 bridgehead atoms. The molecule has 0 unspecified atom stereocenters. The van der Waals surface area contributed by atoms with E-state index in [9.17, 15) is 18.0 Å². The van der Waals surface area contributed by atoms with Gasteiger partial charge in [-0.3, -0.25) is 0 Å². The summed E-state index contributed by atoms with van der Waals surface area (Å²) >= 11 is 0. The molecule has 0 radical (unpaired) electrons. The first-order valence-corrected chi connectivity index (χ1v) is 5.12. The van der Waals surface area contributed by atoms with Gasteiger partial charge in [-0.25, -0.2) is 9.36 Å². The summed E-state index contributed by atoms with van der Waals surface area (Å²) in [5.41, 5.74) is -1.48. The Morgan fingerprint density at radius 1 is 1.37 bits per heavy atom. The fraction of sp³-hybridized carbons (Fsp3) is 0.182. The molecular formula is C11H7F3N4O. The molecule has 0 aliphatic carbocycles. The Kier molecular flexibility index (Phi) is 3.12. The predicted octanol–water partition coefficient (Wildman–Crippen LogP) is 1.58. The second kappa shape index (κ2) is 4.61. The quantitative estimate of drug-likeness (QED) is 0.830. The zero-order chi connectivity index (χ0) is 14.0. The van der Waals surface area contributed by atoms with Crippen LogP contribution < -0.4 is 5.69 Å². The normalized spacial score (nSPS) is 11.3. The molecule has 2 aromatic rings. The standard InChI is InChI=1S/C11H7F3N4O/c12-11(13,14)8-2-1-3-9(6-8)17-7-16-18(5-4-15)10(17)19/h1-3,6-7H,5H2. The van der Waals surface area contributed by atoms with Crippen LogP contribution in [0.2, 0.25) is 0 Å². The molecule has 0 spiro atoms. The van der Waals surface area contributed by atoms with Crippen molar-refractivity contribution in [2.45, 2.75) is 12.7 Å². The van der Waals surface area contributed by atoms with Crippen LogP contribution in [0.3, 0.4) is 0 Å². The molecule has 0 fully saturated rings. The Morgan fingerprint density at radius 2 is 2.11 bits per heavy atom. The lowest BCUT2D eigenvalue weighted by Crippen LogP contribution is -2.23. The molecule has 0 aliphatic rings. The Balaban J connectivity index is 2.49. The van der Waals surface area contributed by atoms with E-state index in [4.69, 9.17) is 5.26 Å². The zero-order valence-corrected chi connectivity index (χ0v) is 9.42. The molecule has 5 nitrogen and oxygen atoms in total. The van der Waals surface area contributed by atoms with Gasteiger partial charge in [-0.05, 0) is 18.2 Å². The number of aromatic nitrogens is 3. The van der Waals surface area contributed by atoms with E-state index in [0.717, 1.165) is 27.7 Å². The molecule has 0 atom stereocenters. The topological polar surface area (TPSA) is 63.6 Å². The van der Waals surface area contributed by atoms with Crippen molar-refractivity contribution in [3.8, 4) is 11.8 Å². The van der Waals surface area contributed by atoms with Crippen molar-refractivity contribution in [3.63, 3.8) is 0 Å².